The summed E-state index contributed by atoms with van der Waals surface area (Å²) in [4.78, 5) is 4.86. The molecular weight excluding hydrogens is 258 g/mol. The first kappa shape index (κ1) is 18.5. The second-order valence-electron chi connectivity index (χ2n) is 7.42. The minimum absolute atomic E-state index is 0.00285. The zero-order chi connectivity index (χ0) is 15.7. The molecule has 1 aliphatic rings. The van der Waals surface area contributed by atoms with Gasteiger partial charge in [-0.25, -0.2) is 4.99 Å². The second kappa shape index (κ2) is 9.48. The van der Waals surface area contributed by atoms with Crippen molar-refractivity contribution in [3.8, 4) is 0 Å². The quantitative estimate of drug-likeness (QED) is 0.429. The number of nitrogens with zero attached hydrogens (tertiary/aromatic N) is 1. The first-order chi connectivity index (χ1) is 9.99. The highest BCUT2D eigenvalue weighted by Crippen LogP contribution is 2.29. The maximum atomic E-state index is 5.86. The molecule has 2 nitrogen and oxygen atoms in total. The van der Waals surface area contributed by atoms with E-state index in [-0.39, 0.29) is 5.54 Å². The van der Waals surface area contributed by atoms with Crippen molar-refractivity contribution >= 4 is 5.90 Å². The van der Waals surface area contributed by atoms with Gasteiger partial charge in [-0.2, -0.15) is 0 Å². The van der Waals surface area contributed by atoms with Crippen LogP contribution >= 0.6 is 0 Å². The monoisotopic (exact) mass is 295 g/mol. The molecule has 1 rings (SSSR count). The maximum Gasteiger partial charge on any atom is 0.186 e. The predicted octanol–water partition coefficient (Wildman–Crippen LogP) is 6.00. The lowest BCUT2D eigenvalue weighted by Crippen LogP contribution is -2.30. The fourth-order valence-electron chi connectivity index (χ4n) is 2.79. The Hall–Kier alpha value is -0.530. The van der Waals surface area contributed by atoms with Crippen LogP contribution in [-0.2, 0) is 4.74 Å². The SMILES string of the molecule is CCCCCCCCCCC(C)C1=NC(C)(C(C)C)CO1. The molecule has 124 valence electrons. The molecular formula is C19H37NO. The third-order valence-electron chi connectivity index (χ3n) is 5.03. The zero-order valence-corrected chi connectivity index (χ0v) is 15.1. The molecule has 0 aliphatic carbocycles. The fraction of sp³-hybridized carbons (Fsp3) is 0.947. The highest BCUT2D eigenvalue weighted by molar-refractivity contribution is 5.80. The van der Waals surface area contributed by atoms with Crippen LogP contribution in [0.1, 0.15) is 92.4 Å². The first-order valence-corrected chi connectivity index (χ1v) is 9.22. The smallest absolute Gasteiger partial charge is 0.186 e. The Bertz CT molecular complexity index is 311. The van der Waals surface area contributed by atoms with Crippen molar-refractivity contribution in [2.75, 3.05) is 6.61 Å². The van der Waals surface area contributed by atoms with E-state index in [0.29, 0.717) is 11.8 Å². The number of unbranched alkanes of at least 4 members (excludes halogenated alkanes) is 7. The van der Waals surface area contributed by atoms with E-state index in [9.17, 15) is 0 Å². The van der Waals surface area contributed by atoms with Crippen molar-refractivity contribution in [1.29, 1.82) is 0 Å². The Morgan fingerprint density at radius 2 is 1.57 bits per heavy atom. The second-order valence-corrected chi connectivity index (χ2v) is 7.42. The number of hydrogen-bond donors (Lipinski definition) is 0. The minimum atomic E-state index is 0.00285. The van der Waals surface area contributed by atoms with Gasteiger partial charge >= 0.3 is 0 Å². The normalized spacial score (nSPS) is 23.2. The summed E-state index contributed by atoms with van der Waals surface area (Å²) in [6.45, 7) is 12.0. The van der Waals surface area contributed by atoms with Crippen molar-refractivity contribution < 1.29 is 4.74 Å². The van der Waals surface area contributed by atoms with Gasteiger partial charge in [0.1, 0.15) is 6.61 Å². The van der Waals surface area contributed by atoms with Crippen LogP contribution in [0, 0.1) is 11.8 Å². The van der Waals surface area contributed by atoms with E-state index < -0.39 is 0 Å². The van der Waals surface area contributed by atoms with Crippen LogP contribution < -0.4 is 0 Å². The molecule has 0 aromatic rings. The molecule has 0 radical (unpaired) electrons. The molecule has 0 aromatic carbocycles. The Morgan fingerprint density at radius 1 is 1.00 bits per heavy atom. The Morgan fingerprint density at radius 3 is 2.10 bits per heavy atom. The minimum Gasteiger partial charge on any atom is -0.478 e. The van der Waals surface area contributed by atoms with Gasteiger partial charge in [0.25, 0.3) is 0 Å². The van der Waals surface area contributed by atoms with E-state index in [1.54, 1.807) is 0 Å². The lowest BCUT2D eigenvalue weighted by atomic mass is 9.90. The van der Waals surface area contributed by atoms with Crippen LogP contribution in [0.25, 0.3) is 0 Å². The van der Waals surface area contributed by atoms with Crippen molar-refractivity contribution in [3.63, 3.8) is 0 Å². The van der Waals surface area contributed by atoms with Gasteiger partial charge in [0.2, 0.25) is 0 Å². The van der Waals surface area contributed by atoms with Crippen LogP contribution in [-0.4, -0.2) is 18.0 Å². The summed E-state index contributed by atoms with van der Waals surface area (Å²) in [6, 6.07) is 0. The Labute approximate surface area is 132 Å². The number of aliphatic imine (C=N–C) groups is 1. The molecule has 0 N–H and O–H groups in total. The van der Waals surface area contributed by atoms with Crippen LogP contribution in [0.5, 0.6) is 0 Å². The standard InChI is InChI=1S/C19H37NO/c1-6-7-8-9-10-11-12-13-14-17(4)18-20-19(5,15-21-18)16(2)3/h16-17H,6-15H2,1-5H3. The van der Waals surface area contributed by atoms with Gasteiger partial charge in [-0.3, -0.25) is 0 Å². The van der Waals surface area contributed by atoms with E-state index in [2.05, 4.69) is 34.6 Å². The molecule has 0 spiro atoms. The van der Waals surface area contributed by atoms with E-state index in [1.807, 2.05) is 0 Å². The summed E-state index contributed by atoms with van der Waals surface area (Å²) in [6.07, 6.45) is 12.3. The van der Waals surface area contributed by atoms with Gasteiger partial charge in [-0.1, -0.05) is 79.1 Å². The van der Waals surface area contributed by atoms with Crippen molar-refractivity contribution in [3.05, 3.63) is 0 Å². The highest BCUT2D eigenvalue weighted by Gasteiger charge is 2.36. The molecule has 21 heavy (non-hydrogen) atoms. The summed E-state index contributed by atoms with van der Waals surface area (Å²) in [5.74, 6) is 2.05. The molecule has 2 unspecified atom stereocenters. The fourth-order valence-corrected chi connectivity index (χ4v) is 2.79. The molecule has 2 atom stereocenters. The third-order valence-corrected chi connectivity index (χ3v) is 5.03. The zero-order valence-electron chi connectivity index (χ0n) is 15.1. The van der Waals surface area contributed by atoms with Crippen molar-refractivity contribution in [2.45, 2.75) is 97.9 Å². The van der Waals surface area contributed by atoms with Gasteiger partial charge < -0.3 is 4.74 Å². The molecule has 1 heterocycles. The van der Waals surface area contributed by atoms with Crippen LogP contribution in [0.4, 0.5) is 0 Å². The predicted molar refractivity (Wildman–Crippen MR) is 93.0 cm³/mol. The average molecular weight is 296 g/mol. The number of hydrogen-bond acceptors (Lipinski definition) is 2. The average Bonchev–Trinajstić information content (AvgIpc) is 2.86. The molecule has 0 saturated carbocycles. The molecule has 0 fully saturated rings. The van der Waals surface area contributed by atoms with E-state index in [4.69, 9.17) is 9.73 Å². The molecule has 1 aliphatic heterocycles. The highest BCUT2D eigenvalue weighted by atomic mass is 16.5. The summed E-state index contributed by atoms with van der Waals surface area (Å²) < 4.78 is 5.86. The Kier molecular flexibility index (Phi) is 8.36. The summed E-state index contributed by atoms with van der Waals surface area (Å²) in [7, 11) is 0. The molecule has 0 amide bonds. The van der Waals surface area contributed by atoms with Crippen LogP contribution in [0.2, 0.25) is 0 Å². The third kappa shape index (κ3) is 6.40. The van der Waals surface area contributed by atoms with Gasteiger partial charge in [0.05, 0.1) is 5.54 Å². The van der Waals surface area contributed by atoms with E-state index in [1.165, 1.54) is 57.8 Å². The van der Waals surface area contributed by atoms with E-state index >= 15 is 0 Å². The van der Waals surface area contributed by atoms with Gasteiger partial charge in [0.15, 0.2) is 5.90 Å². The van der Waals surface area contributed by atoms with Crippen LogP contribution in [0.15, 0.2) is 4.99 Å². The van der Waals surface area contributed by atoms with Gasteiger partial charge in [-0.15, -0.1) is 0 Å². The molecule has 2 heteroatoms. The lowest BCUT2D eigenvalue weighted by Gasteiger charge is -2.22. The summed E-state index contributed by atoms with van der Waals surface area (Å²) in [5, 5.41) is 0. The number of ether oxygens (including phenoxy) is 1. The molecule has 0 bridgehead atoms. The summed E-state index contributed by atoms with van der Waals surface area (Å²) >= 11 is 0. The number of rotatable bonds is 11. The van der Waals surface area contributed by atoms with E-state index in [0.717, 1.165) is 12.5 Å². The van der Waals surface area contributed by atoms with Crippen molar-refractivity contribution in [1.82, 2.24) is 0 Å². The topological polar surface area (TPSA) is 21.6 Å². The first-order valence-electron chi connectivity index (χ1n) is 9.22. The van der Waals surface area contributed by atoms with Gasteiger partial charge in [0, 0.05) is 5.92 Å². The van der Waals surface area contributed by atoms with Gasteiger partial charge in [-0.05, 0) is 19.3 Å². The lowest BCUT2D eigenvalue weighted by molar-refractivity contribution is 0.217. The van der Waals surface area contributed by atoms with Crippen molar-refractivity contribution in [2.24, 2.45) is 16.8 Å². The largest absolute Gasteiger partial charge is 0.478 e. The van der Waals surface area contributed by atoms with Crippen LogP contribution in [0.3, 0.4) is 0 Å². The molecule has 0 saturated heterocycles. The summed E-state index contributed by atoms with van der Waals surface area (Å²) in [5.41, 5.74) is 0.00285. The Balaban J connectivity index is 2.13. The molecule has 0 aromatic heterocycles. The maximum absolute atomic E-state index is 5.86.